The lowest BCUT2D eigenvalue weighted by molar-refractivity contribution is 0.102. The van der Waals surface area contributed by atoms with Crippen LogP contribution in [-0.2, 0) is 0 Å². The van der Waals surface area contributed by atoms with Gasteiger partial charge >= 0.3 is 0 Å². The maximum absolute atomic E-state index is 12.7. The molecule has 4 aromatic rings. The second-order valence-corrected chi connectivity index (χ2v) is 7.33. The lowest BCUT2D eigenvalue weighted by Gasteiger charge is -2.09. The van der Waals surface area contributed by atoms with E-state index in [1.54, 1.807) is 29.1 Å². The minimum Gasteiger partial charge on any atom is -0.496 e. The molecule has 0 bridgehead atoms. The minimum atomic E-state index is -0.272. The van der Waals surface area contributed by atoms with E-state index in [1.807, 2.05) is 43.3 Å². The smallest absolute Gasteiger partial charge is 0.259 e. The van der Waals surface area contributed by atoms with Crippen LogP contribution in [0, 0.1) is 0 Å². The average molecular weight is 467 g/mol. The molecule has 0 fully saturated rings. The third kappa shape index (κ3) is 4.13. The fraction of sp³-hybridized carbons (Fsp3) is 0.136. The molecule has 0 aliphatic heterocycles. The number of nitrogens with one attached hydrogen (secondary N) is 1. The van der Waals surface area contributed by atoms with Gasteiger partial charge in [0, 0.05) is 10.2 Å². The molecule has 0 aliphatic rings. The van der Waals surface area contributed by atoms with Crippen LogP contribution in [0.3, 0.4) is 0 Å². The maximum Gasteiger partial charge on any atom is 0.259 e. The number of hydrogen-bond donors (Lipinski definition) is 1. The summed E-state index contributed by atoms with van der Waals surface area (Å²) in [5.41, 5.74) is 3.27. The van der Waals surface area contributed by atoms with Gasteiger partial charge in [-0.25, -0.2) is 0 Å². The van der Waals surface area contributed by atoms with Crippen molar-refractivity contribution in [3.05, 3.63) is 70.7 Å². The number of methoxy groups -OCH3 is 1. The van der Waals surface area contributed by atoms with E-state index in [9.17, 15) is 4.79 Å². The highest BCUT2D eigenvalue weighted by Crippen LogP contribution is 2.25. The zero-order valence-corrected chi connectivity index (χ0v) is 18.0. The van der Waals surface area contributed by atoms with Crippen molar-refractivity contribution in [2.24, 2.45) is 0 Å². The molecule has 1 heterocycles. The number of amides is 1. The van der Waals surface area contributed by atoms with Gasteiger partial charge in [0.15, 0.2) is 0 Å². The summed E-state index contributed by atoms with van der Waals surface area (Å²) in [6.45, 7) is 2.56. The summed E-state index contributed by atoms with van der Waals surface area (Å²) in [6, 6.07) is 18.2. The highest BCUT2D eigenvalue weighted by molar-refractivity contribution is 9.10. The second-order valence-electron chi connectivity index (χ2n) is 6.42. The Bertz CT molecular complexity index is 1200. The monoisotopic (exact) mass is 466 g/mol. The molecule has 0 atom stereocenters. The standard InChI is InChI=1S/C22H19BrN4O3/c1-3-30-17-8-6-16(7-9-17)27-25-19-10-5-15(13-20(19)26-27)24-22(28)18-12-14(23)4-11-21(18)29-2/h4-13H,3H2,1-2H3,(H,24,28). The Morgan fingerprint density at radius 1 is 1.03 bits per heavy atom. The summed E-state index contributed by atoms with van der Waals surface area (Å²) >= 11 is 3.39. The van der Waals surface area contributed by atoms with E-state index in [2.05, 4.69) is 31.4 Å². The van der Waals surface area contributed by atoms with E-state index in [-0.39, 0.29) is 5.91 Å². The molecule has 0 saturated heterocycles. The van der Waals surface area contributed by atoms with E-state index < -0.39 is 0 Å². The van der Waals surface area contributed by atoms with Gasteiger partial charge in [-0.1, -0.05) is 15.9 Å². The molecular weight excluding hydrogens is 448 g/mol. The molecule has 30 heavy (non-hydrogen) atoms. The number of benzene rings is 3. The quantitative estimate of drug-likeness (QED) is 0.439. The summed E-state index contributed by atoms with van der Waals surface area (Å²) < 4.78 is 11.5. The van der Waals surface area contributed by atoms with Gasteiger partial charge in [-0.2, -0.15) is 4.80 Å². The van der Waals surface area contributed by atoms with Crippen LogP contribution in [0.4, 0.5) is 5.69 Å². The molecule has 152 valence electrons. The van der Waals surface area contributed by atoms with Crippen molar-refractivity contribution >= 4 is 38.6 Å². The number of ether oxygens (including phenoxy) is 2. The number of rotatable bonds is 6. The lowest BCUT2D eigenvalue weighted by Crippen LogP contribution is -2.13. The van der Waals surface area contributed by atoms with E-state index in [0.717, 1.165) is 21.4 Å². The molecule has 7 nitrogen and oxygen atoms in total. The SMILES string of the molecule is CCOc1ccc(-n2nc3ccc(NC(=O)c4cc(Br)ccc4OC)cc3n2)cc1. The summed E-state index contributed by atoms with van der Waals surface area (Å²) in [5, 5.41) is 11.9. The second kappa shape index (κ2) is 8.54. The van der Waals surface area contributed by atoms with Gasteiger partial charge in [0.2, 0.25) is 0 Å². The minimum absolute atomic E-state index is 0.272. The van der Waals surface area contributed by atoms with Crippen LogP contribution in [0.5, 0.6) is 11.5 Å². The van der Waals surface area contributed by atoms with Gasteiger partial charge in [-0.05, 0) is 67.6 Å². The van der Waals surface area contributed by atoms with Crippen molar-refractivity contribution in [2.45, 2.75) is 6.92 Å². The Morgan fingerprint density at radius 2 is 1.80 bits per heavy atom. The molecule has 4 rings (SSSR count). The van der Waals surface area contributed by atoms with Gasteiger partial charge in [-0.15, -0.1) is 10.2 Å². The average Bonchev–Trinajstić information content (AvgIpc) is 3.18. The molecular formula is C22H19BrN4O3. The molecule has 1 aromatic heterocycles. The first kappa shape index (κ1) is 19.9. The normalized spacial score (nSPS) is 10.8. The first-order chi connectivity index (χ1) is 14.6. The summed E-state index contributed by atoms with van der Waals surface area (Å²) in [5.74, 6) is 1.02. The Balaban J connectivity index is 1.58. The van der Waals surface area contributed by atoms with Crippen LogP contribution in [0.15, 0.2) is 65.1 Å². The highest BCUT2D eigenvalue weighted by atomic mass is 79.9. The molecule has 0 spiro atoms. The fourth-order valence-corrected chi connectivity index (χ4v) is 3.37. The van der Waals surface area contributed by atoms with Crippen LogP contribution < -0.4 is 14.8 Å². The number of carbonyl (C=O) groups is 1. The van der Waals surface area contributed by atoms with Gasteiger partial charge < -0.3 is 14.8 Å². The Morgan fingerprint density at radius 3 is 2.53 bits per heavy atom. The summed E-state index contributed by atoms with van der Waals surface area (Å²) in [4.78, 5) is 14.3. The number of aromatic nitrogens is 3. The van der Waals surface area contributed by atoms with Crippen molar-refractivity contribution in [1.82, 2.24) is 15.0 Å². The van der Waals surface area contributed by atoms with Gasteiger partial charge in [0.25, 0.3) is 5.91 Å². The Hall–Kier alpha value is -3.39. The van der Waals surface area contributed by atoms with Crippen LogP contribution >= 0.6 is 15.9 Å². The van der Waals surface area contributed by atoms with Crippen LogP contribution in [0.1, 0.15) is 17.3 Å². The molecule has 3 aromatic carbocycles. The molecule has 0 aliphatic carbocycles. The van der Waals surface area contributed by atoms with E-state index in [4.69, 9.17) is 9.47 Å². The molecule has 1 N–H and O–H groups in total. The van der Waals surface area contributed by atoms with E-state index in [0.29, 0.717) is 29.1 Å². The number of anilines is 1. The number of hydrogen-bond acceptors (Lipinski definition) is 5. The van der Waals surface area contributed by atoms with Crippen molar-refractivity contribution in [2.75, 3.05) is 19.0 Å². The largest absolute Gasteiger partial charge is 0.496 e. The van der Waals surface area contributed by atoms with Gasteiger partial charge in [0.05, 0.1) is 25.0 Å². The zero-order chi connectivity index (χ0) is 21.1. The summed E-state index contributed by atoms with van der Waals surface area (Å²) in [6.07, 6.45) is 0. The van der Waals surface area contributed by atoms with E-state index >= 15 is 0 Å². The predicted octanol–water partition coefficient (Wildman–Crippen LogP) is 4.84. The van der Waals surface area contributed by atoms with Crippen molar-refractivity contribution in [3.63, 3.8) is 0 Å². The van der Waals surface area contributed by atoms with Crippen molar-refractivity contribution in [3.8, 4) is 17.2 Å². The van der Waals surface area contributed by atoms with Crippen LogP contribution in [0.2, 0.25) is 0 Å². The van der Waals surface area contributed by atoms with Crippen molar-refractivity contribution in [1.29, 1.82) is 0 Å². The number of carbonyl (C=O) groups excluding carboxylic acids is 1. The van der Waals surface area contributed by atoms with E-state index in [1.165, 1.54) is 7.11 Å². The van der Waals surface area contributed by atoms with Gasteiger partial charge in [0.1, 0.15) is 22.5 Å². The zero-order valence-electron chi connectivity index (χ0n) is 16.4. The third-order valence-electron chi connectivity index (χ3n) is 4.42. The molecule has 0 saturated carbocycles. The fourth-order valence-electron chi connectivity index (χ4n) is 3.01. The van der Waals surface area contributed by atoms with Crippen LogP contribution in [-0.4, -0.2) is 34.6 Å². The summed E-state index contributed by atoms with van der Waals surface area (Å²) in [7, 11) is 1.53. The predicted molar refractivity (Wildman–Crippen MR) is 119 cm³/mol. The number of halogens is 1. The molecule has 0 unspecified atom stereocenters. The molecule has 0 radical (unpaired) electrons. The maximum atomic E-state index is 12.7. The highest BCUT2D eigenvalue weighted by Gasteiger charge is 2.14. The molecule has 1 amide bonds. The van der Waals surface area contributed by atoms with Gasteiger partial charge in [-0.3, -0.25) is 4.79 Å². The first-order valence-electron chi connectivity index (χ1n) is 9.32. The molecule has 8 heteroatoms. The van der Waals surface area contributed by atoms with Crippen molar-refractivity contribution < 1.29 is 14.3 Å². The number of nitrogens with zero attached hydrogens (tertiary/aromatic N) is 3. The topological polar surface area (TPSA) is 78.3 Å². The van der Waals surface area contributed by atoms with Crippen LogP contribution in [0.25, 0.3) is 16.7 Å². The first-order valence-corrected chi connectivity index (χ1v) is 10.1. The Labute approximate surface area is 181 Å². The Kier molecular flexibility index (Phi) is 5.67. The number of fused-ring (bicyclic) bond motifs is 1. The lowest BCUT2D eigenvalue weighted by atomic mass is 10.2. The third-order valence-corrected chi connectivity index (χ3v) is 4.92.